The van der Waals surface area contributed by atoms with E-state index < -0.39 is 0 Å². The predicted molar refractivity (Wildman–Crippen MR) is 64.4 cm³/mol. The second kappa shape index (κ2) is 4.10. The normalized spacial score (nSPS) is 9.87. The van der Waals surface area contributed by atoms with Crippen LogP contribution in [0.3, 0.4) is 0 Å². The molecule has 0 spiro atoms. The minimum Gasteiger partial charge on any atom is -0.376 e. The summed E-state index contributed by atoms with van der Waals surface area (Å²) >= 11 is 4.72. The lowest BCUT2D eigenvalue weighted by Crippen LogP contribution is -2.18. The molecule has 0 aliphatic rings. The second-order valence-corrected chi connectivity index (χ2v) is 3.46. The summed E-state index contributed by atoms with van der Waals surface area (Å²) in [6, 6.07) is 11.7. The highest BCUT2D eigenvalue weighted by Crippen LogP contribution is 2.18. The van der Waals surface area contributed by atoms with Crippen LogP contribution in [0.15, 0.2) is 36.4 Å². The number of thiocarbonyl (C=S) groups is 1. The standard InChI is InChI=1S/C10H10N4S/c11-10(15)12-9-6-8(13-14-9)7-4-2-1-3-5-7/h1-6H,(H4,11,12,13,14,15). The van der Waals surface area contributed by atoms with E-state index in [1.54, 1.807) is 0 Å². The quantitative estimate of drug-likeness (QED) is 0.672. The SMILES string of the molecule is NC(=S)Nc1cc(-c2ccccc2)n[nH]1. The molecule has 5 heteroatoms. The van der Waals surface area contributed by atoms with Crippen LogP contribution in [0.25, 0.3) is 11.3 Å². The Morgan fingerprint density at radius 2 is 2.07 bits per heavy atom. The number of hydrogen-bond acceptors (Lipinski definition) is 2. The van der Waals surface area contributed by atoms with E-state index in [-0.39, 0.29) is 5.11 Å². The van der Waals surface area contributed by atoms with Crippen LogP contribution < -0.4 is 11.1 Å². The van der Waals surface area contributed by atoms with Crippen molar-refractivity contribution >= 4 is 23.1 Å². The van der Waals surface area contributed by atoms with Crippen molar-refractivity contribution in [1.82, 2.24) is 10.2 Å². The lowest BCUT2D eigenvalue weighted by molar-refractivity contribution is 1.10. The van der Waals surface area contributed by atoms with Gasteiger partial charge in [0.15, 0.2) is 5.11 Å². The summed E-state index contributed by atoms with van der Waals surface area (Å²) in [4.78, 5) is 0. The Labute approximate surface area is 92.5 Å². The van der Waals surface area contributed by atoms with E-state index in [4.69, 9.17) is 18.0 Å². The van der Waals surface area contributed by atoms with E-state index >= 15 is 0 Å². The van der Waals surface area contributed by atoms with Crippen molar-refractivity contribution < 1.29 is 0 Å². The van der Waals surface area contributed by atoms with Crippen LogP contribution in [0.1, 0.15) is 0 Å². The molecule has 2 aromatic rings. The smallest absolute Gasteiger partial charge is 0.169 e. The molecule has 4 nitrogen and oxygen atoms in total. The summed E-state index contributed by atoms with van der Waals surface area (Å²) in [5.41, 5.74) is 7.25. The van der Waals surface area contributed by atoms with Gasteiger partial charge in [0.25, 0.3) is 0 Å². The van der Waals surface area contributed by atoms with Crippen LogP contribution in [-0.4, -0.2) is 15.3 Å². The van der Waals surface area contributed by atoms with Gasteiger partial charge in [0.05, 0.1) is 5.69 Å². The minimum absolute atomic E-state index is 0.221. The van der Waals surface area contributed by atoms with Crippen molar-refractivity contribution in [3.05, 3.63) is 36.4 Å². The largest absolute Gasteiger partial charge is 0.376 e. The highest BCUT2D eigenvalue weighted by Gasteiger charge is 2.02. The third kappa shape index (κ3) is 2.32. The number of nitrogens with one attached hydrogen (secondary N) is 2. The van der Waals surface area contributed by atoms with Crippen molar-refractivity contribution in [3.8, 4) is 11.3 Å². The fourth-order valence-corrected chi connectivity index (χ4v) is 1.39. The maximum absolute atomic E-state index is 5.34. The first-order chi connectivity index (χ1) is 7.25. The van der Waals surface area contributed by atoms with E-state index in [1.165, 1.54) is 0 Å². The lowest BCUT2D eigenvalue weighted by atomic mass is 10.2. The van der Waals surface area contributed by atoms with Crippen molar-refractivity contribution in [2.24, 2.45) is 5.73 Å². The van der Waals surface area contributed by atoms with E-state index in [0.717, 1.165) is 11.3 Å². The zero-order valence-electron chi connectivity index (χ0n) is 7.90. The molecule has 1 aromatic heterocycles. The molecule has 1 heterocycles. The topological polar surface area (TPSA) is 66.7 Å². The Balaban J connectivity index is 2.24. The van der Waals surface area contributed by atoms with Gasteiger partial charge < -0.3 is 11.1 Å². The lowest BCUT2D eigenvalue weighted by Gasteiger charge is -1.96. The number of H-pyrrole nitrogens is 1. The number of aromatic nitrogens is 2. The molecule has 0 aliphatic carbocycles. The Morgan fingerprint density at radius 3 is 2.73 bits per heavy atom. The second-order valence-electron chi connectivity index (χ2n) is 3.02. The zero-order chi connectivity index (χ0) is 10.7. The first kappa shape index (κ1) is 9.67. The average molecular weight is 218 g/mol. The molecule has 4 N–H and O–H groups in total. The van der Waals surface area contributed by atoms with E-state index in [9.17, 15) is 0 Å². The summed E-state index contributed by atoms with van der Waals surface area (Å²) in [5.74, 6) is 0.696. The van der Waals surface area contributed by atoms with Gasteiger partial charge in [0.2, 0.25) is 0 Å². The number of aromatic amines is 1. The van der Waals surface area contributed by atoms with Gasteiger partial charge in [-0.2, -0.15) is 5.10 Å². The van der Waals surface area contributed by atoms with Gasteiger partial charge in [-0.05, 0) is 12.2 Å². The zero-order valence-corrected chi connectivity index (χ0v) is 8.71. The van der Waals surface area contributed by atoms with Crippen LogP contribution in [-0.2, 0) is 0 Å². The molecule has 0 unspecified atom stereocenters. The fourth-order valence-electron chi connectivity index (χ4n) is 1.28. The monoisotopic (exact) mass is 218 g/mol. The van der Waals surface area contributed by atoms with Crippen molar-refractivity contribution in [1.29, 1.82) is 0 Å². The van der Waals surface area contributed by atoms with Gasteiger partial charge >= 0.3 is 0 Å². The summed E-state index contributed by atoms with van der Waals surface area (Å²) in [6.45, 7) is 0. The summed E-state index contributed by atoms with van der Waals surface area (Å²) in [6.07, 6.45) is 0. The van der Waals surface area contributed by atoms with Gasteiger partial charge in [-0.25, -0.2) is 0 Å². The Morgan fingerprint density at radius 1 is 1.33 bits per heavy atom. The highest BCUT2D eigenvalue weighted by atomic mass is 32.1. The maximum Gasteiger partial charge on any atom is 0.169 e. The number of hydrogen-bond donors (Lipinski definition) is 3. The summed E-state index contributed by atoms with van der Waals surface area (Å²) < 4.78 is 0. The van der Waals surface area contributed by atoms with E-state index in [2.05, 4.69) is 15.5 Å². The summed E-state index contributed by atoms with van der Waals surface area (Å²) in [5, 5.41) is 9.95. The average Bonchev–Trinajstić information content (AvgIpc) is 2.67. The molecule has 0 saturated heterocycles. The molecule has 0 amide bonds. The Hall–Kier alpha value is -1.88. The van der Waals surface area contributed by atoms with Gasteiger partial charge in [0, 0.05) is 11.6 Å². The fraction of sp³-hybridized carbons (Fsp3) is 0. The van der Waals surface area contributed by atoms with E-state index in [0.29, 0.717) is 5.82 Å². The first-order valence-corrected chi connectivity index (χ1v) is 4.84. The molecule has 0 radical (unpaired) electrons. The predicted octanol–water partition coefficient (Wildman–Crippen LogP) is 1.73. The van der Waals surface area contributed by atoms with Crippen molar-refractivity contribution in [2.45, 2.75) is 0 Å². The van der Waals surface area contributed by atoms with Crippen LogP contribution in [0, 0.1) is 0 Å². The van der Waals surface area contributed by atoms with Gasteiger partial charge in [-0.3, -0.25) is 5.10 Å². The van der Waals surface area contributed by atoms with Crippen LogP contribution in [0.2, 0.25) is 0 Å². The first-order valence-electron chi connectivity index (χ1n) is 4.43. The van der Waals surface area contributed by atoms with Crippen LogP contribution >= 0.6 is 12.2 Å². The molecule has 1 aromatic carbocycles. The number of benzene rings is 1. The third-order valence-corrected chi connectivity index (χ3v) is 2.01. The van der Waals surface area contributed by atoms with Crippen LogP contribution in [0.5, 0.6) is 0 Å². The van der Waals surface area contributed by atoms with Crippen molar-refractivity contribution in [3.63, 3.8) is 0 Å². The highest BCUT2D eigenvalue weighted by molar-refractivity contribution is 7.80. The Bertz CT molecular complexity index is 463. The van der Waals surface area contributed by atoms with Gasteiger partial charge in [-0.15, -0.1) is 0 Å². The molecular weight excluding hydrogens is 208 g/mol. The summed E-state index contributed by atoms with van der Waals surface area (Å²) in [7, 11) is 0. The molecule has 0 bridgehead atoms. The maximum atomic E-state index is 5.34. The number of rotatable bonds is 2. The van der Waals surface area contributed by atoms with Gasteiger partial charge in [-0.1, -0.05) is 30.3 Å². The molecular formula is C10H10N4S. The number of anilines is 1. The van der Waals surface area contributed by atoms with Crippen molar-refractivity contribution in [2.75, 3.05) is 5.32 Å². The molecule has 2 rings (SSSR count). The molecule has 0 aliphatic heterocycles. The van der Waals surface area contributed by atoms with Gasteiger partial charge in [0.1, 0.15) is 5.82 Å². The number of nitrogens with two attached hydrogens (primary N) is 1. The molecule has 15 heavy (non-hydrogen) atoms. The van der Waals surface area contributed by atoms with Crippen LogP contribution in [0.4, 0.5) is 5.82 Å². The third-order valence-electron chi connectivity index (χ3n) is 1.91. The molecule has 0 saturated carbocycles. The minimum atomic E-state index is 0.221. The number of nitrogens with zero attached hydrogens (tertiary/aromatic N) is 1. The Kier molecular flexibility index (Phi) is 2.64. The van der Waals surface area contributed by atoms with E-state index in [1.807, 2.05) is 36.4 Å². The molecule has 0 atom stereocenters. The molecule has 76 valence electrons. The molecule has 0 fully saturated rings.